The predicted octanol–water partition coefficient (Wildman–Crippen LogP) is 4.63. The number of carbonyl (C=O) groups excluding carboxylic acids is 1. The van der Waals surface area contributed by atoms with Gasteiger partial charge in [0.15, 0.2) is 11.5 Å². The van der Waals surface area contributed by atoms with Crippen molar-refractivity contribution < 1.29 is 28.9 Å². The summed E-state index contributed by atoms with van der Waals surface area (Å²) < 4.78 is 16.1. The van der Waals surface area contributed by atoms with Crippen molar-refractivity contribution in [1.82, 2.24) is 4.98 Å². The number of benzene rings is 2. The molecule has 1 atom stereocenters. The van der Waals surface area contributed by atoms with Crippen molar-refractivity contribution in [3.8, 4) is 17.2 Å². The number of nitrogens with zero attached hydrogens (tertiary/aromatic N) is 1. The number of nitrogens with one attached hydrogen (secondary N) is 2. The van der Waals surface area contributed by atoms with Gasteiger partial charge in [-0.15, -0.1) is 11.8 Å². The highest BCUT2D eigenvalue weighted by Crippen LogP contribution is 2.43. The average Bonchev–Trinajstić information content (AvgIpc) is 2.87. The van der Waals surface area contributed by atoms with Crippen LogP contribution in [0.3, 0.4) is 0 Å². The lowest BCUT2D eigenvalue weighted by atomic mass is 10.1. The fourth-order valence-corrected chi connectivity index (χ4v) is 4.82. The zero-order valence-electron chi connectivity index (χ0n) is 19.8. The molecule has 1 unspecified atom stereocenters. The molecule has 1 amide bonds. The van der Waals surface area contributed by atoms with Crippen LogP contribution in [-0.4, -0.2) is 50.3 Å². The molecule has 9 nitrogen and oxygen atoms in total. The van der Waals surface area contributed by atoms with E-state index in [9.17, 15) is 4.79 Å². The highest BCUT2D eigenvalue weighted by atomic mass is 32.2. The Balaban J connectivity index is 0.00000108. The number of carbonyl (C=O) groups is 2. The number of aryl methyl sites for hydroxylation is 1. The number of amides is 1. The van der Waals surface area contributed by atoms with Gasteiger partial charge >= 0.3 is 0 Å². The molecule has 2 aromatic carbocycles. The molecule has 184 valence electrons. The SMILES string of the molecule is COc1cc(C(=O)Nc2cc(C)cc(C3CNc4ccncc4S3)c2)cc(OC)c1OC.O=CO. The zero-order chi connectivity index (χ0) is 25.4. The molecule has 0 spiro atoms. The van der Waals surface area contributed by atoms with Crippen LogP contribution in [-0.2, 0) is 4.79 Å². The fourth-order valence-electron chi connectivity index (χ4n) is 3.69. The average molecular weight is 498 g/mol. The van der Waals surface area contributed by atoms with Gasteiger partial charge in [-0.25, -0.2) is 0 Å². The van der Waals surface area contributed by atoms with Crippen molar-refractivity contribution in [2.75, 3.05) is 38.5 Å². The Morgan fingerprint density at radius 1 is 1.14 bits per heavy atom. The standard InChI is InChI=1S/C24H25N3O4S.CH2O2/c1-14-7-15(21-13-26-18-5-6-25-12-22(18)32-21)9-17(8-14)27-24(28)16-10-19(29-2)23(31-4)20(11-16)30-3;2-1-3/h5-12,21,26H,13H2,1-4H3,(H,27,28);1H,(H,2,3). The molecule has 3 N–H and O–H groups in total. The number of thioether (sulfide) groups is 1. The molecule has 1 aliphatic rings. The summed E-state index contributed by atoms with van der Waals surface area (Å²) in [6, 6.07) is 11.4. The van der Waals surface area contributed by atoms with Gasteiger partial charge in [0.05, 0.1) is 32.3 Å². The number of ether oxygens (including phenoxy) is 3. The molecular weight excluding hydrogens is 470 g/mol. The van der Waals surface area contributed by atoms with Gasteiger partial charge in [0.25, 0.3) is 12.4 Å². The van der Waals surface area contributed by atoms with Gasteiger partial charge in [0.1, 0.15) is 0 Å². The second-order valence-electron chi connectivity index (χ2n) is 7.47. The van der Waals surface area contributed by atoms with Crippen LogP contribution < -0.4 is 24.8 Å². The lowest BCUT2D eigenvalue weighted by molar-refractivity contribution is -0.122. The van der Waals surface area contributed by atoms with E-state index >= 15 is 0 Å². The van der Waals surface area contributed by atoms with E-state index < -0.39 is 0 Å². The third kappa shape index (κ3) is 6.15. The number of aromatic nitrogens is 1. The molecule has 2 heterocycles. The number of rotatable bonds is 6. The van der Waals surface area contributed by atoms with Crippen molar-refractivity contribution >= 4 is 35.5 Å². The molecule has 0 saturated heterocycles. The Bertz CT molecular complexity index is 1180. The van der Waals surface area contributed by atoms with Crippen LogP contribution in [0.25, 0.3) is 0 Å². The van der Waals surface area contributed by atoms with Gasteiger partial charge in [0, 0.05) is 35.1 Å². The molecule has 0 radical (unpaired) electrons. The maximum Gasteiger partial charge on any atom is 0.290 e. The molecule has 1 aromatic heterocycles. The number of anilines is 2. The summed E-state index contributed by atoms with van der Waals surface area (Å²) in [6.07, 6.45) is 3.66. The number of fused-ring (bicyclic) bond motifs is 1. The zero-order valence-corrected chi connectivity index (χ0v) is 20.6. The Morgan fingerprint density at radius 2 is 1.83 bits per heavy atom. The Morgan fingerprint density at radius 3 is 2.46 bits per heavy atom. The summed E-state index contributed by atoms with van der Waals surface area (Å²) in [6.45, 7) is 2.57. The quantitative estimate of drug-likeness (QED) is 0.419. The molecule has 0 aliphatic carbocycles. The van der Waals surface area contributed by atoms with Crippen LogP contribution in [0.5, 0.6) is 17.2 Å². The lowest BCUT2D eigenvalue weighted by Crippen LogP contribution is -2.16. The van der Waals surface area contributed by atoms with Gasteiger partial charge in [-0.3, -0.25) is 14.6 Å². The molecular formula is C25H27N3O6S. The van der Waals surface area contributed by atoms with E-state index in [0.29, 0.717) is 22.8 Å². The first-order valence-corrected chi connectivity index (χ1v) is 11.5. The predicted molar refractivity (Wildman–Crippen MR) is 135 cm³/mol. The first-order valence-electron chi connectivity index (χ1n) is 10.6. The molecule has 1 aliphatic heterocycles. The van der Waals surface area contributed by atoms with Crippen molar-refractivity contribution in [3.05, 3.63) is 65.5 Å². The van der Waals surface area contributed by atoms with Gasteiger partial charge in [0.2, 0.25) is 5.75 Å². The monoisotopic (exact) mass is 497 g/mol. The van der Waals surface area contributed by atoms with Crippen LogP contribution >= 0.6 is 11.8 Å². The van der Waals surface area contributed by atoms with Crippen LogP contribution in [0, 0.1) is 6.92 Å². The second-order valence-corrected chi connectivity index (χ2v) is 8.71. The molecule has 10 heteroatoms. The van der Waals surface area contributed by atoms with Crippen molar-refractivity contribution in [2.24, 2.45) is 0 Å². The minimum atomic E-state index is -0.259. The summed E-state index contributed by atoms with van der Waals surface area (Å²) in [5, 5.41) is 13.6. The van der Waals surface area contributed by atoms with E-state index in [2.05, 4.69) is 21.7 Å². The van der Waals surface area contributed by atoms with Gasteiger partial charge in [-0.2, -0.15) is 0 Å². The van der Waals surface area contributed by atoms with E-state index in [1.54, 1.807) is 30.1 Å². The lowest BCUT2D eigenvalue weighted by Gasteiger charge is -2.26. The number of hydrogen-bond acceptors (Lipinski definition) is 8. The molecule has 0 saturated carbocycles. The van der Waals surface area contributed by atoms with Crippen molar-refractivity contribution in [3.63, 3.8) is 0 Å². The minimum Gasteiger partial charge on any atom is -0.493 e. The maximum absolute atomic E-state index is 13.0. The largest absolute Gasteiger partial charge is 0.493 e. The summed E-state index contributed by atoms with van der Waals surface area (Å²) in [5.41, 5.74) is 4.45. The highest BCUT2D eigenvalue weighted by molar-refractivity contribution is 7.99. The third-order valence-corrected chi connectivity index (χ3v) is 6.49. The summed E-state index contributed by atoms with van der Waals surface area (Å²) >= 11 is 1.77. The van der Waals surface area contributed by atoms with E-state index in [1.165, 1.54) is 21.3 Å². The van der Waals surface area contributed by atoms with E-state index in [1.807, 2.05) is 31.3 Å². The smallest absolute Gasteiger partial charge is 0.290 e. The van der Waals surface area contributed by atoms with Crippen LogP contribution in [0.2, 0.25) is 0 Å². The maximum atomic E-state index is 13.0. The Hall–Kier alpha value is -3.92. The van der Waals surface area contributed by atoms with E-state index in [4.69, 9.17) is 24.1 Å². The molecule has 0 bridgehead atoms. The van der Waals surface area contributed by atoms with E-state index in [-0.39, 0.29) is 17.6 Å². The first-order chi connectivity index (χ1) is 16.9. The van der Waals surface area contributed by atoms with Gasteiger partial charge in [-0.1, -0.05) is 6.07 Å². The van der Waals surface area contributed by atoms with Crippen LogP contribution in [0.15, 0.2) is 53.7 Å². The Labute approximate surface area is 207 Å². The second kappa shape index (κ2) is 12.0. The van der Waals surface area contributed by atoms with Crippen LogP contribution in [0.4, 0.5) is 11.4 Å². The number of carboxylic acid groups (broad SMARTS) is 1. The number of hydrogen-bond donors (Lipinski definition) is 3. The Kier molecular flexibility index (Phi) is 8.80. The number of pyridine rings is 1. The highest BCUT2D eigenvalue weighted by Gasteiger charge is 2.22. The number of methoxy groups -OCH3 is 3. The molecule has 4 rings (SSSR count). The van der Waals surface area contributed by atoms with Gasteiger partial charge in [-0.05, 0) is 48.4 Å². The molecule has 0 fully saturated rings. The third-order valence-electron chi connectivity index (χ3n) is 5.19. The summed E-state index contributed by atoms with van der Waals surface area (Å²) in [4.78, 5) is 26.7. The van der Waals surface area contributed by atoms with E-state index in [0.717, 1.165) is 33.9 Å². The molecule has 3 aromatic rings. The van der Waals surface area contributed by atoms with Gasteiger partial charge < -0.3 is 30.0 Å². The van der Waals surface area contributed by atoms with Crippen molar-refractivity contribution in [1.29, 1.82) is 0 Å². The minimum absolute atomic E-state index is 0.212. The summed E-state index contributed by atoms with van der Waals surface area (Å²) in [7, 11) is 4.58. The molecule has 35 heavy (non-hydrogen) atoms. The van der Waals surface area contributed by atoms with Crippen LogP contribution in [0.1, 0.15) is 26.7 Å². The first kappa shape index (κ1) is 25.7. The topological polar surface area (TPSA) is 119 Å². The normalized spacial score (nSPS) is 13.8. The fraction of sp³-hybridized carbons (Fsp3) is 0.240. The summed E-state index contributed by atoms with van der Waals surface area (Å²) in [5.74, 6) is 1.04. The van der Waals surface area contributed by atoms with Crippen molar-refractivity contribution in [2.45, 2.75) is 17.1 Å².